The zero-order valence-electron chi connectivity index (χ0n) is 8.94. The molecule has 0 fully saturated rings. The summed E-state index contributed by atoms with van der Waals surface area (Å²) in [4.78, 5) is 3.81. The van der Waals surface area contributed by atoms with Gasteiger partial charge in [0.05, 0.1) is 18.8 Å². The van der Waals surface area contributed by atoms with Crippen LogP contribution in [0.1, 0.15) is 19.5 Å². The fourth-order valence-electron chi connectivity index (χ4n) is 0.786. The van der Waals surface area contributed by atoms with Crippen molar-refractivity contribution in [2.45, 2.75) is 27.3 Å². The normalized spacial score (nSPS) is 8.79. The molecule has 1 aromatic rings. The van der Waals surface area contributed by atoms with E-state index in [0.29, 0.717) is 13.1 Å². The monoisotopic (exact) mass is 198 g/mol. The van der Waals surface area contributed by atoms with E-state index < -0.39 is 0 Å². The third-order valence-corrected chi connectivity index (χ3v) is 1.28. The zero-order chi connectivity index (χ0) is 11.0. The van der Waals surface area contributed by atoms with Crippen molar-refractivity contribution in [2.24, 2.45) is 16.5 Å². The van der Waals surface area contributed by atoms with Crippen LogP contribution < -0.4 is 11.5 Å². The fourth-order valence-corrected chi connectivity index (χ4v) is 0.786. The molecule has 1 heterocycles. The molecule has 0 atom stereocenters. The number of guanidine groups is 1. The predicted octanol–water partition coefficient (Wildman–Crippen LogP) is -0.114. The second-order valence-electron chi connectivity index (χ2n) is 2.43. The zero-order valence-corrected chi connectivity index (χ0v) is 8.94. The van der Waals surface area contributed by atoms with E-state index in [9.17, 15) is 0 Å². The van der Waals surface area contributed by atoms with Gasteiger partial charge < -0.3 is 11.5 Å². The summed E-state index contributed by atoms with van der Waals surface area (Å²) in [6.07, 6.45) is 1.84. The van der Waals surface area contributed by atoms with Crippen LogP contribution in [0.25, 0.3) is 0 Å². The molecule has 0 radical (unpaired) electrons. The molecule has 0 aliphatic heterocycles. The Bertz CT molecular complexity index is 273. The van der Waals surface area contributed by atoms with Gasteiger partial charge in [0.25, 0.3) is 0 Å². The Morgan fingerprint density at radius 3 is 2.57 bits per heavy atom. The third-order valence-electron chi connectivity index (χ3n) is 1.28. The molecule has 0 aromatic carbocycles. The lowest BCUT2D eigenvalue weighted by molar-refractivity contribution is 0.598. The molecule has 0 aliphatic rings. The van der Waals surface area contributed by atoms with E-state index in [0.717, 1.165) is 5.69 Å². The molecule has 80 valence electrons. The van der Waals surface area contributed by atoms with Gasteiger partial charge in [-0.05, 0) is 6.92 Å². The summed E-state index contributed by atoms with van der Waals surface area (Å²) < 4.78 is 1.70. The maximum absolute atomic E-state index is 5.14. The maximum atomic E-state index is 5.14. The summed E-state index contributed by atoms with van der Waals surface area (Å²) in [7, 11) is 0. The lowest BCUT2D eigenvalue weighted by Crippen LogP contribution is -2.23. The number of aliphatic imine (C=N–C) groups is 1. The molecule has 0 amide bonds. The van der Waals surface area contributed by atoms with Gasteiger partial charge in [-0.1, -0.05) is 19.1 Å². The lowest BCUT2D eigenvalue weighted by Gasteiger charge is -1.95. The highest BCUT2D eigenvalue weighted by Gasteiger charge is 1.93. The Morgan fingerprint density at radius 2 is 2.14 bits per heavy atom. The molecule has 6 heteroatoms. The molecule has 14 heavy (non-hydrogen) atoms. The number of nitrogens with zero attached hydrogens (tertiary/aromatic N) is 4. The summed E-state index contributed by atoms with van der Waals surface area (Å²) >= 11 is 0. The number of hydrogen-bond acceptors (Lipinski definition) is 3. The van der Waals surface area contributed by atoms with Crippen LogP contribution in [0.5, 0.6) is 0 Å². The summed E-state index contributed by atoms with van der Waals surface area (Å²) in [6.45, 7) is 7.06. The van der Waals surface area contributed by atoms with Crippen LogP contribution in [0.4, 0.5) is 0 Å². The Morgan fingerprint density at radius 1 is 1.50 bits per heavy atom. The number of hydrogen-bond donors (Lipinski definition) is 2. The van der Waals surface area contributed by atoms with Crippen molar-refractivity contribution in [1.82, 2.24) is 15.0 Å². The fraction of sp³-hybridized carbons (Fsp3) is 0.625. The number of rotatable bonds is 3. The molecule has 6 nitrogen and oxygen atoms in total. The van der Waals surface area contributed by atoms with Gasteiger partial charge >= 0.3 is 0 Å². The maximum Gasteiger partial charge on any atom is 0.185 e. The molecule has 0 bridgehead atoms. The average Bonchev–Trinajstić information content (AvgIpc) is 2.54. The standard InChI is InChI=1S/C6H12N6.C2H6/c1-5-4-12(11-10-5)3-2-9-6(7)8;1-2/h4H,2-3H2,1H3,(H4,7,8,9);1-2H3. The lowest BCUT2D eigenvalue weighted by atomic mass is 10.5. The van der Waals surface area contributed by atoms with Gasteiger partial charge in [-0.2, -0.15) is 0 Å². The minimum atomic E-state index is 0.104. The van der Waals surface area contributed by atoms with E-state index in [1.54, 1.807) is 4.68 Å². The summed E-state index contributed by atoms with van der Waals surface area (Å²) in [5.74, 6) is 0.104. The van der Waals surface area contributed by atoms with Gasteiger partial charge in [0.1, 0.15) is 0 Å². The van der Waals surface area contributed by atoms with Crippen molar-refractivity contribution >= 4 is 5.96 Å². The Labute approximate surface area is 84.0 Å². The molecule has 0 saturated heterocycles. The van der Waals surface area contributed by atoms with E-state index in [-0.39, 0.29) is 5.96 Å². The Hall–Kier alpha value is -1.59. The summed E-state index contributed by atoms with van der Waals surface area (Å²) in [5.41, 5.74) is 11.2. The number of aryl methyl sites for hydroxylation is 1. The Kier molecular flexibility index (Phi) is 6.09. The molecular weight excluding hydrogens is 180 g/mol. The first-order valence-corrected chi connectivity index (χ1v) is 4.60. The van der Waals surface area contributed by atoms with Crippen LogP contribution in [0.3, 0.4) is 0 Å². The predicted molar refractivity (Wildman–Crippen MR) is 56.8 cm³/mol. The van der Waals surface area contributed by atoms with Crippen LogP contribution in [0.2, 0.25) is 0 Å². The third kappa shape index (κ3) is 5.13. The minimum Gasteiger partial charge on any atom is -0.370 e. The Balaban J connectivity index is 0.000000791. The van der Waals surface area contributed by atoms with Gasteiger partial charge in [-0.25, -0.2) is 0 Å². The van der Waals surface area contributed by atoms with Gasteiger partial charge in [0.15, 0.2) is 5.96 Å². The van der Waals surface area contributed by atoms with Crippen LogP contribution in [0, 0.1) is 6.92 Å². The van der Waals surface area contributed by atoms with Crippen molar-refractivity contribution in [1.29, 1.82) is 0 Å². The smallest absolute Gasteiger partial charge is 0.185 e. The second-order valence-corrected chi connectivity index (χ2v) is 2.43. The highest BCUT2D eigenvalue weighted by Crippen LogP contribution is 1.88. The SMILES string of the molecule is CC.Cc1cn(CCN=C(N)N)nn1. The van der Waals surface area contributed by atoms with Crippen LogP contribution >= 0.6 is 0 Å². The van der Waals surface area contributed by atoms with Crippen molar-refractivity contribution in [3.63, 3.8) is 0 Å². The minimum absolute atomic E-state index is 0.104. The molecule has 1 aromatic heterocycles. The van der Waals surface area contributed by atoms with Gasteiger partial charge in [-0.15, -0.1) is 5.10 Å². The van der Waals surface area contributed by atoms with Crippen molar-refractivity contribution in [3.05, 3.63) is 11.9 Å². The second kappa shape index (κ2) is 6.88. The van der Waals surface area contributed by atoms with E-state index in [2.05, 4.69) is 15.3 Å². The van der Waals surface area contributed by atoms with Crippen LogP contribution in [-0.4, -0.2) is 27.5 Å². The highest BCUT2D eigenvalue weighted by molar-refractivity contribution is 5.75. The highest BCUT2D eigenvalue weighted by atomic mass is 15.4. The van der Waals surface area contributed by atoms with Crippen molar-refractivity contribution in [3.8, 4) is 0 Å². The van der Waals surface area contributed by atoms with Gasteiger partial charge in [-0.3, -0.25) is 9.67 Å². The first-order chi connectivity index (χ1) is 6.68. The summed E-state index contributed by atoms with van der Waals surface area (Å²) in [5, 5.41) is 7.64. The molecular formula is C8H18N6. The molecule has 0 unspecified atom stereocenters. The van der Waals surface area contributed by atoms with Gasteiger partial charge in [0, 0.05) is 6.20 Å². The van der Waals surface area contributed by atoms with Crippen molar-refractivity contribution in [2.75, 3.05) is 6.54 Å². The average molecular weight is 198 g/mol. The van der Waals surface area contributed by atoms with Crippen molar-refractivity contribution < 1.29 is 0 Å². The van der Waals surface area contributed by atoms with E-state index in [1.165, 1.54) is 0 Å². The summed E-state index contributed by atoms with van der Waals surface area (Å²) in [6, 6.07) is 0. The molecule has 0 aliphatic carbocycles. The molecule has 4 N–H and O–H groups in total. The van der Waals surface area contributed by atoms with E-state index in [1.807, 2.05) is 27.0 Å². The van der Waals surface area contributed by atoms with Gasteiger partial charge in [0.2, 0.25) is 0 Å². The quantitative estimate of drug-likeness (QED) is 0.523. The first kappa shape index (κ1) is 12.4. The topological polar surface area (TPSA) is 95.1 Å². The van der Waals surface area contributed by atoms with Crippen LogP contribution in [-0.2, 0) is 6.54 Å². The first-order valence-electron chi connectivity index (χ1n) is 4.60. The van der Waals surface area contributed by atoms with E-state index >= 15 is 0 Å². The van der Waals surface area contributed by atoms with E-state index in [4.69, 9.17) is 11.5 Å². The number of nitrogens with two attached hydrogens (primary N) is 2. The van der Waals surface area contributed by atoms with Crippen LogP contribution in [0.15, 0.2) is 11.2 Å². The number of aromatic nitrogens is 3. The molecule has 0 saturated carbocycles. The molecule has 1 rings (SSSR count). The largest absolute Gasteiger partial charge is 0.370 e. The molecule has 0 spiro atoms.